The maximum absolute atomic E-state index is 13.4. The highest BCUT2D eigenvalue weighted by Crippen LogP contribution is 2.39. The van der Waals surface area contributed by atoms with Crippen molar-refractivity contribution in [1.29, 1.82) is 0 Å². The lowest BCUT2D eigenvalue weighted by molar-refractivity contribution is 0.0115. The van der Waals surface area contributed by atoms with Crippen LogP contribution < -0.4 is 9.64 Å². The maximum Gasteiger partial charge on any atom is 0.245 e. The van der Waals surface area contributed by atoms with E-state index >= 15 is 0 Å². The second-order valence-corrected chi connectivity index (χ2v) is 9.93. The van der Waals surface area contributed by atoms with Crippen molar-refractivity contribution in [2.75, 3.05) is 32.1 Å². The van der Waals surface area contributed by atoms with Crippen molar-refractivity contribution < 1.29 is 22.5 Å². The Hall–Kier alpha value is -2.06. The topological polar surface area (TPSA) is 49.9 Å². The number of allylic oxidation sites excluding steroid dienone is 4. The van der Waals surface area contributed by atoms with E-state index in [1.807, 2.05) is 23.1 Å². The minimum atomic E-state index is -2.74. The summed E-state index contributed by atoms with van der Waals surface area (Å²) in [6.45, 7) is 3.99. The predicted octanol–water partition coefficient (Wildman–Crippen LogP) is 5.74. The maximum atomic E-state index is 13.4. The number of anilines is 1. The van der Waals surface area contributed by atoms with Crippen LogP contribution in [0, 0.1) is 0 Å². The molecule has 178 valence electrons. The van der Waals surface area contributed by atoms with Crippen molar-refractivity contribution in [3.63, 3.8) is 0 Å². The van der Waals surface area contributed by atoms with E-state index in [4.69, 9.17) is 4.74 Å². The van der Waals surface area contributed by atoms with Gasteiger partial charge in [0.2, 0.25) is 5.92 Å². The molecule has 0 N–H and O–H groups in total. The van der Waals surface area contributed by atoms with Gasteiger partial charge in [0.25, 0.3) is 0 Å². The van der Waals surface area contributed by atoms with Crippen LogP contribution in [-0.2, 0) is 11.0 Å². The van der Waals surface area contributed by atoms with Crippen LogP contribution in [0.15, 0.2) is 41.0 Å². The smallest absolute Gasteiger partial charge is 0.245 e. The van der Waals surface area contributed by atoms with E-state index in [0.717, 1.165) is 31.9 Å². The van der Waals surface area contributed by atoms with E-state index in [1.165, 1.54) is 0 Å². The van der Waals surface area contributed by atoms with Gasteiger partial charge in [0.1, 0.15) is 23.0 Å². The Morgan fingerprint density at radius 1 is 1.22 bits per heavy atom. The van der Waals surface area contributed by atoms with Crippen LogP contribution in [-0.4, -0.2) is 47.9 Å². The van der Waals surface area contributed by atoms with Gasteiger partial charge in [0.15, 0.2) is 5.75 Å². The molecule has 5 nitrogen and oxygen atoms in total. The van der Waals surface area contributed by atoms with Gasteiger partial charge >= 0.3 is 0 Å². The number of carbonyl (C=O) groups excluding carboxylic acids is 1. The van der Waals surface area contributed by atoms with E-state index in [0.29, 0.717) is 47.7 Å². The summed E-state index contributed by atoms with van der Waals surface area (Å²) < 4.78 is 47.8. The average molecular weight is 469 g/mol. The Kier molecular flexibility index (Phi) is 10.0. The van der Waals surface area contributed by atoms with Crippen LogP contribution in [0.1, 0.15) is 62.7 Å². The summed E-state index contributed by atoms with van der Waals surface area (Å²) in [5.74, 6) is -1.58. The molecule has 0 bridgehead atoms. The molecule has 1 aromatic rings. The van der Waals surface area contributed by atoms with Crippen LogP contribution in [0.25, 0.3) is 0 Å². The largest absolute Gasteiger partial charge is 0.458 e. The minimum absolute atomic E-state index is 0.231. The molecule has 2 rings (SSSR count). The highest BCUT2D eigenvalue weighted by atomic mass is 32.2. The summed E-state index contributed by atoms with van der Waals surface area (Å²) in [6, 6.07) is 3.29. The summed E-state index contributed by atoms with van der Waals surface area (Å²) in [7, 11) is 1.82. The molecule has 0 aliphatic heterocycles. The molecule has 0 fully saturated rings. The number of aldehydes is 1. The Morgan fingerprint density at radius 3 is 2.50 bits per heavy atom. The molecular weight excluding hydrogens is 434 g/mol. The lowest BCUT2D eigenvalue weighted by Gasteiger charge is -2.29. The minimum Gasteiger partial charge on any atom is -0.458 e. The number of hydrogen-bond donors (Lipinski definition) is 0. The summed E-state index contributed by atoms with van der Waals surface area (Å²) in [5, 5.41) is 0. The average Bonchev–Trinajstić information content (AvgIpc) is 2.75. The van der Waals surface area contributed by atoms with Crippen LogP contribution in [0.3, 0.4) is 0 Å². The zero-order valence-electron chi connectivity index (χ0n) is 19.4. The van der Waals surface area contributed by atoms with E-state index in [2.05, 4.69) is 6.92 Å². The molecule has 0 radical (unpaired) electrons. The number of hydrogen-bond acceptors (Lipinski definition) is 4. The van der Waals surface area contributed by atoms with E-state index < -0.39 is 16.9 Å². The molecule has 1 unspecified atom stereocenters. The standard InChI is InChI=1S/C24H34F2N2O3S/c1-5-6-14-28(15-10-13-24(2,25)26)21-16-19(18-29)17-22(32(30)27(3)4)23(21)31-20-11-8-7-9-12-20/h7-8,11,16-18H,5-6,9-10,12-15H2,1-4H3. The van der Waals surface area contributed by atoms with Gasteiger partial charge in [-0.3, -0.25) is 4.79 Å². The lowest BCUT2D eigenvalue weighted by Crippen LogP contribution is -2.28. The SMILES string of the molecule is CCCCN(CCCC(C)(F)F)c1cc(C=O)cc(S(=O)N(C)C)c1OC1=CC=CCC1. The molecule has 8 heteroatoms. The first-order valence-corrected chi connectivity index (χ1v) is 12.2. The Labute approximate surface area is 192 Å². The van der Waals surface area contributed by atoms with Gasteiger partial charge in [-0.1, -0.05) is 25.5 Å². The Balaban J connectivity index is 2.56. The highest BCUT2D eigenvalue weighted by Gasteiger charge is 2.25. The van der Waals surface area contributed by atoms with Crippen molar-refractivity contribution in [1.82, 2.24) is 4.31 Å². The third kappa shape index (κ3) is 7.81. The molecule has 0 spiro atoms. The highest BCUT2D eigenvalue weighted by molar-refractivity contribution is 7.82. The second-order valence-electron chi connectivity index (χ2n) is 8.26. The molecule has 32 heavy (non-hydrogen) atoms. The molecule has 0 amide bonds. The number of ether oxygens (including phenoxy) is 1. The lowest BCUT2D eigenvalue weighted by atomic mass is 10.1. The van der Waals surface area contributed by atoms with Gasteiger partial charge in [-0.05, 0) is 58.5 Å². The molecule has 1 atom stereocenters. The number of benzene rings is 1. The molecule has 0 aromatic heterocycles. The zero-order valence-corrected chi connectivity index (χ0v) is 20.2. The van der Waals surface area contributed by atoms with Crippen molar-refractivity contribution in [2.24, 2.45) is 0 Å². The van der Waals surface area contributed by atoms with Gasteiger partial charge in [0.05, 0.1) is 10.6 Å². The summed E-state index contributed by atoms with van der Waals surface area (Å²) in [5.41, 5.74) is 0.987. The number of nitrogens with zero attached hydrogens (tertiary/aromatic N) is 2. The van der Waals surface area contributed by atoms with Gasteiger partial charge in [-0.15, -0.1) is 0 Å². The van der Waals surface area contributed by atoms with Gasteiger partial charge in [-0.2, -0.15) is 0 Å². The van der Waals surface area contributed by atoms with Crippen LogP contribution >= 0.6 is 0 Å². The number of halogens is 2. The van der Waals surface area contributed by atoms with Gasteiger partial charge in [-0.25, -0.2) is 17.3 Å². The first kappa shape index (κ1) is 26.2. The van der Waals surface area contributed by atoms with Crippen molar-refractivity contribution >= 4 is 23.0 Å². The zero-order chi connectivity index (χ0) is 23.7. The fraction of sp³-hybridized carbons (Fsp3) is 0.542. The van der Waals surface area contributed by atoms with Gasteiger partial charge < -0.3 is 9.64 Å². The Bertz CT molecular complexity index is 864. The van der Waals surface area contributed by atoms with Crippen molar-refractivity contribution in [2.45, 2.75) is 63.2 Å². The first-order valence-electron chi connectivity index (χ1n) is 11.0. The van der Waals surface area contributed by atoms with Crippen LogP contribution in [0.2, 0.25) is 0 Å². The molecule has 0 saturated carbocycles. The monoisotopic (exact) mass is 468 g/mol. The van der Waals surface area contributed by atoms with Crippen LogP contribution in [0.4, 0.5) is 14.5 Å². The first-order chi connectivity index (χ1) is 15.2. The molecule has 1 aromatic carbocycles. The quantitative estimate of drug-likeness (QED) is 0.347. The number of alkyl halides is 2. The number of unbranched alkanes of at least 4 members (excludes halogenated alkanes) is 1. The predicted molar refractivity (Wildman–Crippen MR) is 126 cm³/mol. The van der Waals surface area contributed by atoms with Crippen LogP contribution in [0.5, 0.6) is 5.75 Å². The number of rotatable bonds is 13. The van der Waals surface area contributed by atoms with E-state index in [1.54, 1.807) is 30.5 Å². The summed E-state index contributed by atoms with van der Waals surface area (Å²) in [6.07, 6.45) is 9.92. The molecular formula is C24H34F2N2O3S. The van der Waals surface area contributed by atoms with Crippen molar-refractivity contribution in [3.05, 3.63) is 41.7 Å². The summed E-state index contributed by atoms with van der Waals surface area (Å²) >= 11 is 0. The molecule has 1 aliphatic rings. The fourth-order valence-electron chi connectivity index (χ4n) is 3.42. The molecule has 0 saturated heterocycles. The normalized spacial score (nSPS) is 14.9. The third-order valence-electron chi connectivity index (χ3n) is 5.09. The number of carbonyl (C=O) groups is 1. The molecule has 0 heterocycles. The fourth-order valence-corrected chi connectivity index (χ4v) is 4.35. The third-order valence-corrected chi connectivity index (χ3v) is 6.43. The summed E-state index contributed by atoms with van der Waals surface area (Å²) in [4.78, 5) is 14.1. The molecule has 1 aliphatic carbocycles. The van der Waals surface area contributed by atoms with E-state index in [-0.39, 0.29) is 12.8 Å². The van der Waals surface area contributed by atoms with Crippen molar-refractivity contribution in [3.8, 4) is 5.75 Å². The second kappa shape index (κ2) is 12.3. The van der Waals surface area contributed by atoms with E-state index in [9.17, 15) is 17.8 Å². The Morgan fingerprint density at radius 2 is 1.94 bits per heavy atom. The van der Waals surface area contributed by atoms with Gasteiger partial charge in [0, 0.05) is 31.5 Å².